The van der Waals surface area contributed by atoms with Crippen LogP contribution in [0.4, 0.5) is 11.5 Å². The fourth-order valence-electron chi connectivity index (χ4n) is 3.97. The molecule has 0 unspecified atom stereocenters. The highest BCUT2D eigenvalue weighted by molar-refractivity contribution is 6.30. The number of rotatable bonds is 2. The highest BCUT2D eigenvalue weighted by atomic mass is 35.5. The Labute approximate surface area is 172 Å². The van der Waals surface area contributed by atoms with Crippen molar-refractivity contribution in [2.75, 3.05) is 17.2 Å². The van der Waals surface area contributed by atoms with E-state index < -0.39 is 0 Å². The van der Waals surface area contributed by atoms with Gasteiger partial charge in [0, 0.05) is 35.3 Å². The molecule has 0 fully saturated rings. The Morgan fingerprint density at radius 3 is 2.69 bits per heavy atom. The zero-order valence-electron chi connectivity index (χ0n) is 16.0. The Morgan fingerprint density at radius 1 is 1.17 bits per heavy atom. The summed E-state index contributed by atoms with van der Waals surface area (Å²) in [7, 11) is 1.85. The summed E-state index contributed by atoms with van der Waals surface area (Å²) in [4.78, 5) is 15.2. The minimum absolute atomic E-state index is 0.0446. The Bertz CT molecular complexity index is 1260. The zero-order chi connectivity index (χ0) is 20.3. The van der Waals surface area contributed by atoms with E-state index in [4.69, 9.17) is 17.3 Å². The summed E-state index contributed by atoms with van der Waals surface area (Å²) >= 11 is 6.01. The van der Waals surface area contributed by atoms with Gasteiger partial charge >= 0.3 is 0 Å². The summed E-state index contributed by atoms with van der Waals surface area (Å²) in [5, 5.41) is 10.3. The van der Waals surface area contributed by atoms with Gasteiger partial charge in [-0.25, -0.2) is 0 Å². The number of carbonyl (C=O) groups is 1. The third-order valence-electron chi connectivity index (χ3n) is 5.44. The van der Waals surface area contributed by atoms with E-state index in [2.05, 4.69) is 17.1 Å². The molecule has 2 N–H and O–H groups in total. The lowest BCUT2D eigenvalue weighted by Gasteiger charge is -2.32. The molecule has 7 nitrogen and oxygen atoms in total. The smallest absolute Gasteiger partial charge is 0.277 e. The second-order valence-electron chi connectivity index (χ2n) is 7.33. The molecule has 146 valence electrons. The maximum atomic E-state index is 13.4. The number of nitrogens with zero attached hydrogens (tertiary/aromatic N) is 5. The van der Waals surface area contributed by atoms with Crippen molar-refractivity contribution in [2.24, 2.45) is 7.05 Å². The van der Waals surface area contributed by atoms with Gasteiger partial charge in [-0.1, -0.05) is 17.7 Å². The lowest BCUT2D eigenvalue weighted by Crippen LogP contribution is -2.42. The second kappa shape index (κ2) is 6.35. The summed E-state index contributed by atoms with van der Waals surface area (Å²) in [6, 6.07) is 13.2. The number of aryl methyl sites for hydroxylation is 1. The first-order chi connectivity index (χ1) is 13.9. The first-order valence-corrected chi connectivity index (χ1v) is 9.69. The van der Waals surface area contributed by atoms with Crippen LogP contribution in [0, 0.1) is 0 Å². The van der Waals surface area contributed by atoms with Crippen molar-refractivity contribution < 1.29 is 4.79 Å². The molecule has 0 spiro atoms. The molecule has 0 saturated heterocycles. The number of hydrogen-bond donors (Lipinski definition) is 1. The molecule has 8 heteroatoms. The van der Waals surface area contributed by atoms with Crippen molar-refractivity contribution in [3.05, 3.63) is 59.4 Å². The Kier molecular flexibility index (Phi) is 3.89. The van der Waals surface area contributed by atoms with Crippen molar-refractivity contribution >= 4 is 39.9 Å². The van der Waals surface area contributed by atoms with E-state index in [0.29, 0.717) is 23.1 Å². The lowest BCUT2D eigenvalue weighted by molar-refractivity contribution is 0.0954. The van der Waals surface area contributed by atoms with Gasteiger partial charge in [-0.2, -0.15) is 10.2 Å². The number of amides is 1. The molecule has 29 heavy (non-hydrogen) atoms. The van der Waals surface area contributed by atoms with Crippen LogP contribution in [-0.2, 0) is 7.05 Å². The molecule has 1 atom stereocenters. The van der Waals surface area contributed by atoms with Gasteiger partial charge in [-0.15, -0.1) is 0 Å². The van der Waals surface area contributed by atoms with E-state index in [1.54, 1.807) is 27.9 Å². The number of hydrogen-bond acceptors (Lipinski definition) is 4. The molecular weight excluding hydrogens is 388 g/mol. The van der Waals surface area contributed by atoms with Gasteiger partial charge in [0.15, 0.2) is 5.82 Å². The van der Waals surface area contributed by atoms with Crippen molar-refractivity contribution in [3.8, 4) is 11.1 Å². The van der Waals surface area contributed by atoms with Crippen molar-refractivity contribution in [3.63, 3.8) is 0 Å². The van der Waals surface area contributed by atoms with Crippen LogP contribution in [-0.4, -0.2) is 32.0 Å². The number of benzene rings is 2. The molecule has 4 aromatic rings. The van der Waals surface area contributed by atoms with E-state index in [-0.39, 0.29) is 11.9 Å². The standard InChI is InChI=1S/C21H19ClN6O/c1-12-11-27(15-6-4-14(22)5-7-15)21(29)19-17(10-24-28(12)19)13-3-8-16-18(9-13)26(2)25-20(16)23/h3-10,12H,11H2,1-2H3,(H2,23,25)/t12-/m0/s1. The number of halogens is 1. The maximum absolute atomic E-state index is 13.4. The number of aromatic nitrogens is 4. The Balaban J connectivity index is 1.63. The van der Waals surface area contributed by atoms with Gasteiger partial charge in [0.25, 0.3) is 5.91 Å². The number of nitrogen functional groups attached to an aromatic ring is 1. The average Bonchev–Trinajstić information content (AvgIpc) is 3.28. The highest BCUT2D eigenvalue weighted by Crippen LogP contribution is 2.34. The summed E-state index contributed by atoms with van der Waals surface area (Å²) in [6.45, 7) is 2.60. The molecular formula is C21H19ClN6O. The minimum atomic E-state index is -0.0810. The van der Waals surface area contributed by atoms with Gasteiger partial charge in [0.1, 0.15) is 5.69 Å². The van der Waals surface area contributed by atoms with Crippen molar-refractivity contribution in [2.45, 2.75) is 13.0 Å². The summed E-state index contributed by atoms with van der Waals surface area (Å²) in [6.07, 6.45) is 1.76. The second-order valence-corrected chi connectivity index (χ2v) is 7.77. The Morgan fingerprint density at radius 2 is 1.93 bits per heavy atom. The van der Waals surface area contributed by atoms with E-state index >= 15 is 0 Å². The molecule has 1 aliphatic rings. The number of fused-ring (bicyclic) bond motifs is 2. The summed E-state index contributed by atoms with van der Waals surface area (Å²) in [5.74, 6) is 0.409. The van der Waals surface area contributed by atoms with E-state index in [1.807, 2.05) is 42.1 Å². The van der Waals surface area contributed by atoms with Crippen LogP contribution in [0.1, 0.15) is 23.5 Å². The summed E-state index contributed by atoms with van der Waals surface area (Å²) < 4.78 is 3.56. The lowest BCUT2D eigenvalue weighted by atomic mass is 10.0. The van der Waals surface area contributed by atoms with Crippen molar-refractivity contribution in [1.29, 1.82) is 0 Å². The van der Waals surface area contributed by atoms with Gasteiger partial charge in [0.05, 0.1) is 17.8 Å². The van der Waals surface area contributed by atoms with Gasteiger partial charge in [-0.05, 0) is 48.9 Å². The number of nitrogens with two attached hydrogens (primary N) is 1. The third-order valence-corrected chi connectivity index (χ3v) is 5.69. The van der Waals surface area contributed by atoms with E-state index in [9.17, 15) is 4.79 Å². The predicted molar refractivity (Wildman–Crippen MR) is 114 cm³/mol. The Hall–Kier alpha value is -3.32. The van der Waals surface area contributed by atoms with E-state index in [0.717, 1.165) is 27.7 Å². The summed E-state index contributed by atoms with van der Waals surface area (Å²) in [5.41, 5.74) is 9.97. The van der Waals surface area contributed by atoms with Crippen LogP contribution in [0.15, 0.2) is 48.7 Å². The molecule has 1 aliphatic heterocycles. The monoisotopic (exact) mass is 406 g/mol. The van der Waals surface area contributed by atoms with E-state index in [1.165, 1.54) is 0 Å². The fraction of sp³-hybridized carbons (Fsp3) is 0.190. The van der Waals surface area contributed by atoms with Crippen LogP contribution in [0.2, 0.25) is 5.02 Å². The quantitative estimate of drug-likeness (QED) is 0.547. The zero-order valence-corrected chi connectivity index (χ0v) is 16.8. The molecule has 2 aromatic carbocycles. The van der Waals surface area contributed by atoms with Crippen LogP contribution in [0.3, 0.4) is 0 Å². The van der Waals surface area contributed by atoms with Crippen LogP contribution < -0.4 is 10.6 Å². The molecule has 1 amide bonds. The molecule has 0 radical (unpaired) electrons. The molecule has 5 rings (SSSR count). The fourth-order valence-corrected chi connectivity index (χ4v) is 4.10. The van der Waals surface area contributed by atoms with Crippen molar-refractivity contribution in [1.82, 2.24) is 19.6 Å². The largest absolute Gasteiger partial charge is 0.382 e. The SMILES string of the molecule is C[C@H]1CN(c2ccc(Cl)cc2)C(=O)c2c(-c3ccc4c(N)nn(C)c4c3)cnn21. The first-order valence-electron chi connectivity index (χ1n) is 9.31. The van der Waals surface area contributed by atoms with Crippen LogP contribution in [0.5, 0.6) is 0 Å². The molecule has 3 heterocycles. The van der Waals surface area contributed by atoms with Gasteiger partial charge in [0.2, 0.25) is 0 Å². The molecule has 0 aliphatic carbocycles. The van der Waals surface area contributed by atoms with Crippen LogP contribution >= 0.6 is 11.6 Å². The first kappa shape index (κ1) is 17.8. The average molecular weight is 407 g/mol. The van der Waals surface area contributed by atoms with Crippen LogP contribution in [0.25, 0.3) is 22.0 Å². The highest BCUT2D eigenvalue weighted by Gasteiger charge is 2.33. The number of anilines is 2. The molecule has 0 saturated carbocycles. The predicted octanol–water partition coefficient (Wildman–Crippen LogP) is 3.89. The third kappa shape index (κ3) is 2.69. The molecule has 2 aromatic heterocycles. The number of carbonyl (C=O) groups excluding carboxylic acids is 1. The minimum Gasteiger partial charge on any atom is -0.382 e. The van der Waals surface area contributed by atoms with Gasteiger partial charge < -0.3 is 10.6 Å². The van der Waals surface area contributed by atoms with Gasteiger partial charge in [-0.3, -0.25) is 14.2 Å². The normalized spacial score (nSPS) is 16.4. The maximum Gasteiger partial charge on any atom is 0.277 e. The topological polar surface area (TPSA) is 82.0 Å². The molecule has 0 bridgehead atoms.